The molecular formula is C25H31N3O4. The zero-order chi connectivity index (χ0) is 22.4. The van der Waals surface area contributed by atoms with Gasteiger partial charge in [0.25, 0.3) is 11.8 Å². The Morgan fingerprint density at radius 1 is 1.25 bits per heavy atom. The molecule has 2 fully saturated rings. The highest BCUT2D eigenvalue weighted by Gasteiger charge is 2.41. The van der Waals surface area contributed by atoms with Crippen LogP contribution in [-0.2, 0) is 9.53 Å². The Kier molecular flexibility index (Phi) is 7.05. The molecule has 2 amide bonds. The largest absolute Gasteiger partial charge is 0.484 e. The molecule has 7 nitrogen and oxygen atoms in total. The normalized spacial score (nSPS) is 20.0. The molecule has 2 saturated heterocycles. The maximum absolute atomic E-state index is 12.6. The van der Waals surface area contributed by atoms with Gasteiger partial charge >= 0.3 is 0 Å². The summed E-state index contributed by atoms with van der Waals surface area (Å²) in [6.45, 7) is 4.72. The van der Waals surface area contributed by atoms with Crippen LogP contribution in [0.15, 0.2) is 48.8 Å². The van der Waals surface area contributed by atoms with Crippen LogP contribution in [0.3, 0.4) is 0 Å². The number of carbonyl (C=O) groups is 2. The van der Waals surface area contributed by atoms with Crippen LogP contribution < -0.4 is 10.1 Å². The number of pyridine rings is 1. The number of hydrogen-bond acceptors (Lipinski definition) is 5. The summed E-state index contributed by atoms with van der Waals surface area (Å²) in [6.07, 6.45) is 6.71. The zero-order valence-corrected chi connectivity index (χ0v) is 18.6. The number of rotatable bonds is 6. The molecule has 1 aromatic heterocycles. The fourth-order valence-corrected chi connectivity index (χ4v) is 4.59. The predicted molar refractivity (Wildman–Crippen MR) is 120 cm³/mol. The van der Waals surface area contributed by atoms with Crippen LogP contribution in [0.1, 0.15) is 41.6 Å². The molecule has 3 heterocycles. The van der Waals surface area contributed by atoms with E-state index >= 15 is 0 Å². The van der Waals surface area contributed by atoms with E-state index in [1.807, 2.05) is 36.1 Å². The Morgan fingerprint density at radius 3 is 2.84 bits per heavy atom. The molecule has 1 atom stereocenters. The zero-order valence-electron chi connectivity index (χ0n) is 18.6. The van der Waals surface area contributed by atoms with E-state index in [0.717, 1.165) is 37.0 Å². The van der Waals surface area contributed by atoms with Crippen LogP contribution >= 0.6 is 0 Å². The molecule has 4 rings (SSSR count). The molecule has 32 heavy (non-hydrogen) atoms. The average Bonchev–Trinajstić information content (AvgIpc) is 2.82. The van der Waals surface area contributed by atoms with E-state index in [-0.39, 0.29) is 24.0 Å². The van der Waals surface area contributed by atoms with Crippen molar-refractivity contribution in [2.45, 2.75) is 38.2 Å². The number of aryl methyl sites for hydroxylation is 1. The smallest absolute Gasteiger partial charge is 0.260 e. The van der Waals surface area contributed by atoms with E-state index in [4.69, 9.17) is 9.47 Å². The monoisotopic (exact) mass is 437 g/mol. The van der Waals surface area contributed by atoms with Crippen molar-refractivity contribution in [1.82, 2.24) is 15.2 Å². The molecule has 2 aliphatic heterocycles. The highest BCUT2D eigenvalue weighted by atomic mass is 16.5. The van der Waals surface area contributed by atoms with Gasteiger partial charge in [-0.1, -0.05) is 12.1 Å². The highest BCUT2D eigenvalue weighted by Crippen LogP contribution is 2.37. The topological polar surface area (TPSA) is 80.8 Å². The number of nitrogens with zero attached hydrogens (tertiary/aromatic N) is 2. The second-order valence-corrected chi connectivity index (χ2v) is 8.83. The van der Waals surface area contributed by atoms with Gasteiger partial charge in [0.1, 0.15) is 5.75 Å². The van der Waals surface area contributed by atoms with Crippen LogP contribution in [0.5, 0.6) is 5.75 Å². The molecule has 1 unspecified atom stereocenters. The first-order valence-electron chi connectivity index (χ1n) is 11.3. The van der Waals surface area contributed by atoms with E-state index in [1.54, 1.807) is 24.5 Å². The van der Waals surface area contributed by atoms with Crippen molar-refractivity contribution >= 4 is 11.8 Å². The average molecular weight is 438 g/mol. The van der Waals surface area contributed by atoms with Gasteiger partial charge in [0.05, 0.1) is 11.2 Å². The number of piperidine rings is 1. The summed E-state index contributed by atoms with van der Waals surface area (Å²) in [4.78, 5) is 30.8. The molecule has 170 valence electrons. The molecule has 2 aromatic rings. The Hall–Kier alpha value is -2.93. The van der Waals surface area contributed by atoms with Gasteiger partial charge < -0.3 is 19.7 Å². The lowest BCUT2D eigenvalue weighted by Crippen LogP contribution is -2.52. The summed E-state index contributed by atoms with van der Waals surface area (Å²) in [6, 6.07) is 11.3. The Labute approximate surface area is 189 Å². The molecule has 1 aromatic carbocycles. The van der Waals surface area contributed by atoms with Gasteiger partial charge in [0.2, 0.25) is 0 Å². The molecule has 0 bridgehead atoms. The molecule has 0 radical (unpaired) electrons. The van der Waals surface area contributed by atoms with Gasteiger partial charge in [0, 0.05) is 38.6 Å². The SMILES string of the molecule is Cc1cccc(OCC(=O)N2CCC3(CC2)CC(CNC(=O)c2cccnc2)CCO3)c1. The Balaban J connectivity index is 1.23. The lowest BCUT2D eigenvalue weighted by molar-refractivity contribution is -0.148. The maximum Gasteiger partial charge on any atom is 0.260 e. The summed E-state index contributed by atoms with van der Waals surface area (Å²) in [5.74, 6) is 1.01. The fraction of sp³-hybridized carbons (Fsp3) is 0.480. The lowest BCUT2D eigenvalue weighted by Gasteiger charge is -2.46. The van der Waals surface area contributed by atoms with Gasteiger partial charge in [-0.15, -0.1) is 0 Å². The van der Waals surface area contributed by atoms with Crippen LogP contribution in [0.4, 0.5) is 0 Å². The minimum Gasteiger partial charge on any atom is -0.484 e. The van der Waals surface area contributed by atoms with Crippen LogP contribution in [0.25, 0.3) is 0 Å². The lowest BCUT2D eigenvalue weighted by atomic mass is 9.79. The van der Waals surface area contributed by atoms with Gasteiger partial charge in [-0.05, 0) is 68.4 Å². The number of amides is 2. The van der Waals surface area contributed by atoms with Crippen molar-refractivity contribution in [2.75, 3.05) is 32.8 Å². The number of aromatic nitrogens is 1. The Morgan fingerprint density at radius 2 is 2.09 bits per heavy atom. The first-order valence-corrected chi connectivity index (χ1v) is 11.3. The van der Waals surface area contributed by atoms with Gasteiger partial charge in [0.15, 0.2) is 6.61 Å². The van der Waals surface area contributed by atoms with Gasteiger partial charge in [-0.2, -0.15) is 0 Å². The van der Waals surface area contributed by atoms with Crippen molar-refractivity contribution in [3.05, 3.63) is 59.9 Å². The van der Waals surface area contributed by atoms with Crippen molar-refractivity contribution in [1.29, 1.82) is 0 Å². The third-order valence-electron chi connectivity index (χ3n) is 6.45. The van der Waals surface area contributed by atoms with Crippen molar-refractivity contribution in [2.24, 2.45) is 5.92 Å². The quantitative estimate of drug-likeness (QED) is 0.752. The van der Waals surface area contributed by atoms with Crippen LogP contribution in [-0.4, -0.2) is 60.1 Å². The molecule has 7 heteroatoms. The third-order valence-corrected chi connectivity index (χ3v) is 6.45. The van der Waals surface area contributed by atoms with E-state index in [0.29, 0.717) is 37.7 Å². The van der Waals surface area contributed by atoms with Crippen molar-refractivity contribution in [3.8, 4) is 5.75 Å². The Bertz CT molecular complexity index is 926. The standard InChI is InChI=1S/C25H31N3O4/c1-19-4-2-6-22(14-19)31-18-23(29)28-11-8-25(9-12-28)15-20(7-13-32-25)16-27-24(30)21-5-3-10-26-17-21/h2-6,10,14,17,20H,7-9,11-13,15-16,18H2,1H3,(H,27,30). The number of benzene rings is 1. The van der Waals surface area contributed by atoms with E-state index < -0.39 is 0 Å². The minimum absolute atomic E-state index is 0.0115. The number of hydrogen-bond donors (Lipinski definition) is 1. The van der Waals surface area contributed by atoms with E-state index in [1.165, 1.54) is 0 Å². The van der Waals surface area contributed by atoms with Crippen LogP contribution in [0, 0.1) is 12.8 Å². The summed E-state index contributed by atoms with van der Waals surface area (Å²) in [7, 11) is 0. The fourth-order valence-electron chi connectivity index (χ4n) is 4.59. The number of likely N-dealkylation sites (tertiary alicyclic amines) is 1. The molecule has 1 spiro atoms. The predicted octanol–water partition coefficient (Wildman–Crippen LogP) is 2.99. The third kappa shape index (κ3) is 5.65. The first-order chi connectivity index (χ1) is 15.5. The minimum atomic E-state index is -0.198. The maximum atomic E-state index is 12.6. The molecule has 2 aliphatic rings. The van der Waals surface area contributed by atoms with E-state index in [2.05, 4.69) is 10.3 Å². The second kappa shape index (κ2) is 10.1. The van der Waals surface area contributed by atoms with E-state index in [9.17, 15) is 9.59 Å². The summed E-state index contributed by atoms with van der Waals surface area (Å²) in [5.41, 5.74) is 1.49. The van der Waals surface area contributed by atoms with Crippen LogP contribution in [0.2, 0.25) is 0 Å². The summed E-state index contributed by atoms with van der Waals surface area (Å²) >= 11 is 0. The summed E-state index contributed by atoms with van der Waals surface area (Å²) < 4.78 is 11.9. The first kappa shape index (κ1) is 22.3. The molecule has 0 saturated carbocycles. The van der Waals surface area contributed by atoms with Crippen molar-refractivity contribution in [3.63, 3.8) is 0 Å². The summed E-state index contributed by atoms with van der Waals surface area (Å²) in [5, 5.41) is 3.04. The molecule has 1 N–H and O–H groups in total. The number of nitrogens with one attached hydrogen (secondary N) is 1. The van der Waals surface area contributed by atoms with Gasteiger partial charge in [-0.3, -0.25) is 14.6 Å². The molecular weight excluding hydrogens is 406 g/mol. The molecule has 0 aliphatic carbocycles. The second-order valence-electron chi connectivity index (χ2n) is 8.83. The number of carbonyl (C=O) groups excluding carboxylic acids is 2. The van der Waals surface area contributed by atoms with Crippen molar-refractivity contribution < 1.29 is 19.1 Å². The highest BCUT2D eigenvalue weighted by molar-refractivity contribution is 5.93. The number of ether oxygens (including phenoxy) is 2. The van der Waals surface area contributed by atoms with Gasteiger partial charge in [-0.25, -0.2) is 0 Å².